The molecule has 0 aliphatic carbocycles. The molecule has 0 atom stereocenters. The van der Waals surface area contributed by atoms with E-state index < -0.39 is 11.9 Å². The normalized spacial score (nSPS) is 10.7. The molecule has 186 valence electrons. The van der Waals surface area contributed by atoms with Crippen LogP contribution in [0.1, 0.15) is 32.5 Å². The standard InChI is InChI=1S/C23H27N5O5S2/c1-7-28-19(14-8-10-15(11-9-14)27(3)4)25-26-23(28)34-12-16(29)24-20-17(21(30)32-5)13(2)18(35-20)22(31)33-6/h8-11H,7,12H2,1-6H3,(H,24,29). The molecule has 2 heterocycles. The van der Waals surface area contributed by atoms with Gasteiger partial charge in [0.25, 0.3) is 0 Å². The van der Waals surface area contributed by atoms with Gasteiger partial charge in [0.2, 0.25) is 5.91 Å². The van der Waals surface area contributed by atoms with Crippen molar-refractivity contribution in [1.29, 1.82) is 0 Å². The van der Waals surface area contributed by atoms with Crippen LogP contribution in [0.3, 0.4) is 0 Å². The molecule has 1 N–H and O–H groups in total. The Kier molecular flexibility index (Phi) is 8.52. The van der Waals surface area contributed by atoms with Crippen LogP contribution in [0, 0.1) is 6.92 Å². The number of benzene rings is 1. The fourth-order valence-corrected chi connectivity index (χ4v) is 5.26. The summed E-state index contributed by atoms with van der Waals surface area (Å²) in [7, 11) is 6.45. The molecular formula is C23H27N5O5S2. The first-order valence-corrected chi connectivity index (χ1v) is 12.5. The zero-order valence-electron chi connectivity index (χ0n) is 20.4. The highest BCUT2D eigenvalue weighted by Gasteiger charge is 2.27. The number of hydrogen-bond acceptors (Lipinski definition) is 10. The van der Waals surface area contributed by atoms with Crippen LogP contribution < -0.4 is 10.2 Å². The molecule has 0 saturated heterocycles. The van der Waals surface area contributed by atoms with Crippen LogP contribution in [0.25, 0.3) is 11.4 Å². The van der Waals surface area contributed by atoms with Crippen LogP contribution in [0.4, 0.5) is 10.7 Å². The summed E-state index contributed by atoms with van der Waals surface area (Å²) in [5.41, 5.74) is 2.53. The number of methoxy groups -OCH3 is 2. The maximum absolute atomic E-state index is 12.7. The number of aromatic nitrogens is 3. The number of ether oxygens (including phenoxy) is 2. The van der Waals surface area contributed by atoms with Gasteiger partial charge in [0.05, 0.1) is 25.5 Å². The number of thioether (sulfide) groups is 1. The number of thiophene rings is 1. The largest absolute Gasteiger partial charge is 0.465 e. The second kappa shape index (κ2) is 11.4. The number of nitrogens with zero attached hydrogens (tertiary/aromatic N) is 4. The fraction of sp³-hybridized carbons (Fsp3) is 0.348. The Morgan fingerprint density at radius 3 is 2.31 bits per heavy atom. The van der Waals surface area contributed by atoms with E-state index >= 15 is 0 Å². The van der Waals surface area contributed by atoms with Crippen molar-refractivity contribution in [1.82, 2.24) is 14.8 Å². The van der Waals surface area contributed by atoms with E-state index in [1.807, 2.05) is 54.8 Å². The molecule has 10 nitrogen and oxygen atoms in total. The molecule has 0 aliphatic heterocycles. The second-order valence-corrected chi connectivity index (χ2v) is 9.54. The van der Waals surface area contributed by atoms with Gasteiger partial charge in [0.1, 0.15) is 9.88 Å². The molecule has 1 amide bonds. The van der Waals surface area contributed by atoms with Crippen molar-refractivity contribution >= 4 is 51.6 Å². The van der Waals surface area contributed by atoms with Crippen molar-refractivity contribution in [2.75, 3.05) is 44.3 Å². The molecule has 2 aromatic heterocycles. The molecule has 35 heavy (non-hydrogen) atoms. The highest BCUT2D eigenvalue weighted by Crippen LogP contribution is 2.34. The van der Waals surface area contributed by atoms with E-state index in [2.05, 4.69) is 15.5 Å². The molecule has 3 aromatic rings. The second-order valence-electron chi connectivity index (χ2n) is 7.57. The molecular weight excluding hydrogens is 490 g/mol. The van der Waals surface area contributed by atoms with Gasteiger partial charge in [-0.2, -0.15) is 0 Å². The molecule has 0 bridgehead atoms. The third kappa shape index (κ3) is 5.65. The lowest BCUT2D eigenvalue weighted by Crippen LogP contribution is -2.16. The first-order valence-electron chi connectivity index (χ1n) is 10.6. The summed E-state index contributed by atoms with van der Waals surface area (Å²) in [4.78, 5) is 39.3. The Morgan fingerprint density at radius 1 is 1.09 bits per heavy atom. The van der Waals surface area contributed by atoms with Crippen LogP contribution in [0.5, 0.6) is 0 Å². The SMILES string of the molecule is CCn1c(SCC(=O)Nc2sc(C(=O)OC)c(C)c2C(=O)OC)nnc1-c1ccc(N(C)C)cc1. The van der Waals surface area contributed by atoms with Crippen LogP contribution in [-0.4, -0.2) is 66.7 Å². The summed E-state index contributed by atoms with van der Waals surface area (Å²) in [5.74, 6) is -0.851. The van der Waals surface area contributed by atoms with Crippen LogP contribution >= 0.6 is 23.1 Å². The molecule has 3 rings (SSSR count). The Balaban J connectivity index is 1.76. The number of amides is 1. The Hall–Kier alpha value is -3.38. The molecule has 1 aromatic carbocycles. The van der Waals surface area contributed by atoms with Gasteiger partial charge in [0, 0.05) is 31.9 Å². The van der Waals surface area contributed by atoms with Gasteiger partial charge in [-0.25, -0.2) is 9.59 Å². The van der Waals surface area contributed by atoms with E-state index in [0.717, 1.165) is 22.6 Å². The molecule has 0 fully saturated rings. The molecule has 0 spiro atoms. The number of carbonyl (C=O) groups is 3. The Morgan fingerprint density at radius 2 is 1.74 bits per heavy atom. The zero-order chi connectivity index (χ0) is 25.7. The van der Waals surface area contributed by atoms with Crippen LogP contribution in [0.15, 0.2) is 29.4 Å². The molecule has 0 radical (unpaired) electrons. The lowest BCUT2D eigenvalue weighted by Gasteiger charge is -2.13. The van der Waals surface area contributed by atoms with Crippen molar-refractivity contribution in [2.24, 2.45) is 0 Å². The number of hydrogen-bond donors (Lipinski definition) is 1. The van der Waals surface area contributed by atoms with Crippen molar-refractivity contribution in [2.45, 2.75) is 25.5 Å². The van der Waals surface area contributed by atoms with Crippen molar-refractivity contribution in [3.8, 4) is 11.4 Å². The van der Waals surface area contributed by atoms with E-state index in [1.54, 1.807) is 6.92 Å². The van der Waals surface area contributed by atoms with Gasteiger partial charge < -0.3 is 24.3 Å². The van der Waals surface area contributed by atoms with E-state index in [0.29, 0.717) is 23.1 Å². The first-order chi connectivity index (χ1) is 16.7. The summed E-state index contributed by atoms with van der Waals surface area (Å²) in [6.45, 7) is 4.22. The maximum Gasteiger partial charge on any atom is 0.348 e. The van der Waals surface area contributed by atoms with Crippen LogP contribution in [0.2, 0.25) is 0 Å². The van der Waals surface area contributed by atoms with Gasteiger partial charge in [-0.1, -0.05) is 11.8 Å². The Labute approximate surface area is 211 Å². The summed E-state index contributed by atoms with van der Waals surface area (Å²) < 4.78 is 11.5. The number of esters is 2. The number of rotatable bonds is 9. The summed E-state index contributed by atoms with van der Waals surface area (Å²) in [5, 5.41) is 12.1. The average Bonchev–Trinajstić information content (AvgIpc) is 3.42. The minimum atomic E-state index is -0.646. The third-order valence-electron chi connectivity index (χ3n) is 5.17. The van der Waals surface area contributed by atoms with Gasteiger partial charge in [-0.05, 0) is 43.7 Å². The summed E-state index contributed by atoms with van der Waals surface area (Å²) in [6.07, 6.45) is 0. The lowest BCUT2D eigenvalue weighted by atomic mass is 10.1. The molecule has 0 saturated carbocycles. The highest BCUT2D eigenvalue weighted by atomic mass is 32.2. The summed E-state index contributed by atoms with van der Waals surface area (Å²) in [6, 6.07) is 7.99. The zero-order valence-corrected chi connectivity index (χ0v) is 22.0. The number of carbonyl (C=O) groups excluding carboxylic acids is 3. The third-order valence-corrected chi connectivity index (χ3v) is 7.32. The van der Waals surface area contributed by atoms with E-state index in [9.17, 15) is 14.4 Å². The monoisotopic (exact) mass is 517 g/mol. The maximum atomic E-state index is 12.7. The topological polar surface area (TPSA) is 116 Å². The van der Waals surface area contributed by atoms with Crippen molar-refractivity contribution in [3.63, 3.8) is 0 Å². The van der Waals surface area contributed by atoms with Crippen molar-refractivity contribution < 1.29 is 23.9 Å². The van der Waals surface area contributed by atoms with Gasteiger partial charge in [-0.15, -0.1) is 21.5 Å². The Bertz CT molecular complexity index is 1230. The first kappa shape index (κ1) is 26.2. The predicted molar refractivity (Wildman–Crippen MR) is 137 cm³/mol. The lowest BCUT2D eigenvalue weighted by molar-refractivity contribution is -0.113. The smallest absolute Gasteiger partial charge is 0.348 e. The highest BCUT2D eigenvalue weighted by molar-refractivity contribution is 7.99. The average molecular weight is 518 g/mol. The van der Waals surface area contributed by atoms with Gasteiger partial charge in [-0.3, -0.25) is 4.79 Å². The molecule has 0 unspecified atom stereocenters. The molecule has 12 heteroatoms. The van der Waals surface area contributed by atoms with E-state index in [-0.39, 0.29) is 27.1 Å². The summed E-state index contributed by atoms with van der Waals surface area (Å²) >= 11 is 2.20. The van der Waals surface area contributed by atoms with Crippen LogP contribution in [-0.2, 0) is 20.8 Å². The molecule has 0 aliphatic rings. The fourth-order valence-electron chi connectivity index (χ4n) is 3.33. The number of anilines is 2. The van der Waals surface area contributed by atoms with Gasteiger partial charge in [0.15, 0.2) is 11.0 Å². The van der Waals surface area contributed by atoms with Crippen molar-refractivity contribution in [3.05, 3.63) is 40.3 Å². The predicted octanol–water partition coefficient (Wildman–Crippen LogP) is 3.70. The van der Waals surface area contributed by atoms with E-state index in [1.165, 1.54) is 26.0 Å². The van der Waals surface area contributed by atoms with E-state index in [4.69, 9.17) is 9.47 Å². The van der Waals surface area contributed by atoms with Gasteiger partial charge >= 0.3 is 11.9 Å². The quantitative estimate of drug-likeness (QED) is 0.335. The number of nitrogens with one attached hydrogen (secondary N) is 1. The minimum Gasteiger partial charge on any atom is -0.465 e. The minimum absolute atomic E-state index is 0.0306.